The van der Waals surface area contributed by atoms with Gasteiger partial charge in [0.2, 0.25) is 10.0 Å². The lowest BCUT2D eigenvalue weighted by atomic mass is 10.1. The van der Waals surface area contributed by atoms with Crippen molar-refractivity contribution < 1.29 is 22.7 Å². The minimum absolute atomic E-state index is 0.0559. The third-order valence-electron chi connectivity index (χ3n) is 5.79. The summed E-state index contributed by atoms with van der Waals surface area (Å²) in [4.78, 5) is 28.0. The highest BCUT2D eigenvalue weighted by molar-refractivity contribution is 7.88. The van der Waals surface area contributed by atoms with Crippen molar-refractivity contribution in [1.29, 1.82) is 0 Å². The lowest BCUT2D eigenvalue weighted by Gasteiger charge is -2.31. The van der Waals surface area contributed by atoms with Crippen LogP contribution in [0.5, 0.6) is 0 Å². The van der Waals surface area contributed by atoms with Crippen molar-refractivity contribution >= 4 is 28.0 Å². The Morgan fingerprint density at radius 3 is 2.45 bits per heavy atom. The topological polar surface area (TPSA) is 96.0 Å². The van der Waals surface area contributed by atoms with Gasteiger partial charge in [0.25, 0.3) is 5.91 Å². The van der Waals surface area contributed by atoms with Crippen LogP contribution in [-0.2, 0) is 19.6 Å². The van der Waals surface area contributed by atoms with Crippen molar-refractivity contribution in [2.24, 2.45) is 0 Å². The summed E-state index contributed by atoms with van der Waals surface area (Å²) in [5.41, 5.74) is 3.40. The molecule has 180 valence electrons. The second-order valence-electron chi connectivity index (χ2n) is 8.31. The lowest BCUT2D eigenvalue weighted by Crippen LogP contribution is -2.46. The van der Waals surface area contributed by atoms with Gasteiger partial charge in [-0.2, -0.15) is 0 Å². The van der Waals surface area contributed by atoms with Gasteiger partial charge in [-0.25, -0.2) is 17.5 Å². The normalized spacial score (nSPS) is 18.0. The quantitative estimate of drug-likeness (QED) is 0.581. The monoisotopic (exact) mass is 475 g/mol. The fourth-order valence-corrected chi connectivity index (χ4v) is 4.95. The molecule has 1 N–H and O–H groups in total. The number of sulfonamides is 1. The summed E-state index contributed by atoms with van der Waals surface area (Å²) < 4.78 is 30.5. The van der Waals surface area contributed by atoms with Gasteiger partial charge in [-0.15, -0.1) is 0 Å². The fraction of sp³-hybridized carbons (Fsp3) is 0.500. The van der Waals surface area contributed by atoms with Crippen LogP contribution in [0.4, 0.5) is 4.79 Å². The number of allylic oxidation sites excluding steroid dienone is 1. The molecular formula is C24H33N3O5S. The third-order valence-corrected chi connectivity index (χ3v) is 6.94. The van der Waals surface area contributed by atoms with E-state index < -0.39 is 22.0 Å². The number of carbonyl (C=O) groups excluding carboxylic acids is 2. The molecule has 3 rings (SSSR count). The Kier molecular flexibility index (Phi) is 8.68. The Labute approximate surface area is 196 Å². The minimum atomic E-state index is -3.78. The molecule has 3 amide bonds. The van der Waals surface area contributed by atoms with Crippen molar-refractivity contribution in [2.75, 3.05) is 39.1 Å². The molecule has 9 heteroatoms. The standard InChI is InChI=1S/C24H33N3O5S/c1-3-4-8-13-27(33(2,30)31)24(29)25-23(28)21-12-11-20(18-19-9-6-5-7-10-19)22(21)26-14-16-32-17-15-26/h5-7,9-10,18H,3-4,8,11-17H2,1-2H3,(H,25,28,29)/b20-18+. The first-order valence-electron chi connectivity index (χ1n) is 11.5. The van der Waals surface area contributed by atoms with Gasteiger partial charge in [-0.3, -0.25) is 10.1 Å². The van der Waals surface area contributed by atoms with Crippen molar-refractivity contribution in [3.05, 3.63) is 52.7 Å². The molecule has 0 unspecified atom stereocenters. The number of nitrogens with zero attached hydrogens (tertiary/aromatic N) is 2. The molecule has 1 aromatic rings. The number of hydrogen-bond donors (Lipinski definition) is 1. The molecule has 0 radical (unpaired) electrons. The predicted octanol–water partition coefficient (Wildman–Crippen LogP) is 3.14. The van der Waals surface area contributed by atoms with E-state index in [-0.39, 0.29) is 6.54 Å². The number of hydrogen-bond acceptors (Lipinski definition) is 6. The van der Waals surface area contributed by atoms with E-state index in [1.165, 1.54) is 0 Å². The first-order chi connectivity index (χ1) is 15.8. The van der Waals surface area contributed by atoms with Crippen molar-refractivity contribution in [2.45, 2.75) is 39.0 Å². The minimum Gasteiger partial charge on any atom is -0.378 e. The first kappa shape index (κ1) is 25.0. The Morgan fingerprint density at radius 2 is 1.82 bits per heavy atom. The zero-order chi connectivity index (χ0) is 23.8. The van der Waals surface area contributed by atoms with Gasteiger partial charge in [0.05, 0.1) is 19.5 Å². The summed E-state index contributed by atoms with van der Waals surface area (Å²) in [7, 11) is -3.78. The smallest absolute Gasteiger partial charge is 0.337 e. The molecular weight excluding hydrogens is 442 g/mol. The Balaban J connectivity index is 1.86. The average molecular weight is 476 g/mol. The zero-order valence-electron chi connectivity index (χ0n) is 19.4. The molecule has 0 spiro atoms. The Morgan fingerprint density at radius 1 is 1.12 bits per heavy atom. The van der Waals surface area contributed by atoms with Gasteiger partial charge >= 0.3 is 6.03 Å². The molecule has 0 saturated carbocycles. The number of amides is 3. The van der Waals surface area contributed by atoms with E-state index in [0.29, 0.717) is 51.1 Å². The second-order valence-corrected chi connectivity index (χ2v) is 10.2. The Bertz CT molecular complexity index is 1010. The number of rotatable bonds is 8. The van der Waals surface area contributed by atoms with E-state index in [2.05, 4.69) is 16.3 Å². The van der Waals surface area contributed by atoms with Crippen LogP contribution in [0, 0.1) is 0 Å². The van der Waals surface area contributed by atoms with Gasteiger partial charge in [-0.05, 0) is 36.5 Å². The molecule has 0 aromatic heterocycles. The lowest BCUT2D eigenvalue weighted by molar-refractivity contribution is -0.116. The van der Waals surface area contributed by atoms with Crippen LogP contribution in [0.15, 0.2) is 47.2 Å². The van der Waals surface area contributed by atoms with Crippen LogP contribution in [-0.4, -0.2) is 68.7 Å². The van der Waals surface area contributed by atoms with Gasteiger partial charge in [0.15, 0.2) is 0 Å². The highest BCUT2D eigenvalue weighted by Gasteiger charge is 2.32. The van der Waals surface area contributed by atoms with Crippen LogP contribution < -0.4 is 5.32 Å². The van der Waals surface area contributed by atoms with E-state index in [9.17, 15) is 18.0 Å². The van der Waals surface area contributed by atoms with Gasteiger partial charge in [0, 0.05) is 30.9 Å². The highest BCUT2D eigenvalue weighted by Crippen LogP contribution is 2.36. The molecule has 0 atom stereocenters. The Hall–Kier alpha value is -2.65. The molecule has 0 bridgehead atoms. The van der Waals surface area contributed by atoms with E-state index >= 15 is 0 Å². The van der Waals surface area contributed by atoms with Crippen LogP contribution in [0.3, 0.4) is 0 Å². The van der Waals surface area contributed by atoms with E-state index in [1.807, 2.05) is 37.3 Å². The summed E-state index contributed by atoms with van der Waals surface area (Å²) in [6.07, 6.45) is 6.46. The van der Waals surface area contributed by atoms with Crippen LogP contribution in [0.1, 0.15) is 44.6 Å². The van der Waals surface area contributed by atoms with Gasteiger partial charge in [0.1, 0.15) is 0 Å². The van der Waals surface area contributed by atoms with Crippen molar-refractivity contribution in [3.63, 3.8) is 0 Å². The van der Waals surface area contributed by atoms with Crippen LogP contribution in [0.2, 0.25) is 0 Å². The van der Waals surface area contributed by atoms with Crippen LogP contribution in [0.25, 0.3) is 6.08 Å². The van der Waals surface area contributed by atoms with Crippen LogP contribution >= 0.6 is 0 Å². The second kappa shape index (κ2) is 11.5. The largest absolute Gasteiger partial charge is 0.378 e. The predicted molar refractivity (Wildman–Crippen MR) is 128 cm³/mol. The molecule has 1 saturated heterocycles. The third kappa shape index (κ3) is 6.68. The van der Waals surface area contributed by atoms with Gasteiger partial charge in [-0.1, -0.05) is 50.1 Å². The maximum Gasteiger partial charge on any atom is 0.337 e. The number of nitrogens with one attached hydrogen (secondary N) is 1. The number of ether oxygens (including phenoxy) is 1. The molecule has 8 nitrogen and oxygen atoms in total. The summed E-state index contributed by atoms with van der Waals surface area (Å²) in [6.45, 7) is 4.48. The zero-order valence-corrected chi connectivity index (χ0v) is 20.2. The summed E-state index contributed by atoms with van der Waals surface area (Å²) in [6, 6.07) is 8.99. The number of benzene rings is 1. The number of urea groups is 1. The first-order valence-corrected chi connectivity index (χ1v) is 13.3. The molecule has 1 aliphatic heterocycles. The molecule has 1 aliphatic carbocycles. The molecule has 1 heterocycles. The van der Waals surface area contributed by atoms with Crippen molar-refractivity contribution in [1.82, 2.24) is 14.5 Å². The average Bonchev–Trinajstić information content (AvgIpc) is 3.20. The highest BCUT2D eigenvalue weighted by atomic mass is 32.2. The summed E-state index contributed by atoms with van der Waals surface area (Å²) in [5.74, 6) is -0.540. The molecule has 1 fully saturated rings. The fourth-order valence-electron chi connectivity index (χ4n) is 4.14. The number of unbranched alkanes of at least 4 members (excludes halogenated alkanes) is 2. The van der Waals surface area contributed by atoms with Gasteiger partial charge < -0.3 is 9.64 Å². The van der Waals surface area contributed by atoms with Crippen molar-refractivity contribution in [3.8, 4) is 0 Å². The molecule has 2 aliphatic rings. The number of morpholine rings is 1. The summed E-state index contributed by atoms with van der Waals surface area (Å²) in [5, 5.41) is 2.33. The molecule has 1 aromatic carbocycles. The van der Waals surface area contributed by atoms with E-state index in [0.717, 1.165) is 40.2 Å². The maximum atomic E-state index is 13.2. The molecule has 33 heavy (non-hydrogen) atoms. The number of imide groups is 1. The SMILES string of the molecule is CCCCCN(C(=O)NC(=O)C1=C(N2CCOCC2)/C(=C/c2ccccc2)CC1)S(C)(=O)=O. The van der Waals surface area contributed by atoms with E-state index in [4.69, 9.17) is 4.74 Å². The maximum absolute atomic E-state index is 13.2. The number of carbonyl (C=O) groups is 2. The summed E-state index contributed by atoms with van der Waals surface area (Å²) >= 11 is 0. The van der Waals surface area contributed by atoms with E-state index in [1.54, 1.807) is 0 Å².